The first kappa shape index (κ1) is 43.5. The summed E-state index contributed by atoms with van der Waals surface area (Å²) in [5.41, 5.74) is 5.85. The van der Waals surface area contributed by atoms with Crippen molar-refractivity contribution in [1.29, 1.82) is 0 Å². The smallest absolute Gasteiger partial charge is 0.270 e. The number of benzene rings is 2. The molecule has 0 aliphatic heterocycles. The van der Waals surface area contributed by atoms with Crippen molar-refractivity contribution in [2.24, 2.45) is 0 Å². The van der Waals surface area contributed by atoms with Crippen molar-refractivity contribution < 1.29 is 29.0 Å². The number of nitro benzene ring substituents is 2. The first-order valence-electron chi connectivity index (χ1n) is 16.8. The molecule has 0 atom stereocenters. The molecular weight excluding hydrogens is 908 g/mol. The highest BCUT2D eigenvalue weighted by Gasteiger charge is 2.22. The molecule has 0 saturated carbocycles. The molecule has 0 aliphatic rings. The number of alkyl halides is 2. The van der Waals surface area contributed by atoms with Crippen LogP contribution in [0.25, 0.3) is 0 Å². The Morgan fingerprint density at radius 2 is 1.08 bits per heavy atom. The number of non-ortho nitro benzene ring substituents is 2. The van der Waals surface area contributed by atoms with E-state index in [2.05, 4.69) is 51.8 Å². The van der Waals surface area contributed by atoms with Crippen LogP contribution in [0.2, 0.25) is 0 Å². The Hall–Kier alpha value is -6.06. The number of nitrogens with zero attached hydrogens (tertiary/aromatic N) is 10. The second-order valence-corrected chi connectivity index (χ2v) is 16.0. The summed E-state index contributed by atoms with van der Waals surface area (Å²) in [6.45, 7) is 0. The van der Waals surface area contributed by atoms with Gasteiger partial charge in [0.2, 0.25) is 22.1 Å². The minimum Gasteiger partial charge on any atom is -0.301 e. The Kier molecular flexibility index (Phi) is 14.7. The molecule has 60 heavy (non-hydrogen) atoms. The average molecular weight is 934 g/mol. The van der Waals surface area contributed by atoms with E-state index < -0.39 is 33.5 Å². The van der Waals surface area contributed by atoms with Crippen LogP contribution in [0.15, 0.2) is 69.6 Å². The van der Waals surface area contributed by atoms with Crippen LogP contribution >= 0.6 is 69.4 Å². The van der Waals surface area contributed by atoms with Crippen molar-refractivity contribution in [3.8, 4) is 0 Å². The molecular formula is C32H26Cl2N14O8S4. The summed E-state index contributed by atoms with van der Waals surface area (Å²) in [7, 11) is 0. The van der Waals surface area contributed by atoms with Crippen molar-refractivity contribution in [3.05, 3.63) is 114 Å². The predicted octanol–water partition coefficient (Wildman–Crippen LogP) is 4.79. The summed E-state index contributed by atoms with van der Waals surface area (Å²) in [5, 5.41) is 49.4. The highest BCUT2D eigenvalue weighted by atomic mass is 35.5. The van der Waals surface area contributed by atoms with Crippen LogP contribution in [0.5, 0.6) is 0 Å². The van der Waals surface area contributed by atoms with E-state index >= 15 is 0 Å². The number of thioether (sulfide) groups is 2. The molecule has 0 bridgehead atoms. The van der Waals surface area contributed by atoms with Gasteiger partial charge >= 0.3 is 0 Å². The van der Waals surface area contributed by atoms with Gasteiger partial charge in [-0.05, 0) is 12.1 Å². The van der Waals surface area contributed by atoms with Crippen molar-refractivity contribution in [3.63, 3.8) is 0 Å². The largest absolute Gasteiger partial charge is 0.301 e. The lowest BCUT2D eigenvalue weighted by Gasteiger charge is -2.12. The Morgan fingerprint density at radius 1 is 0.667 bits per heavy atom. The molecule has 0 saturated heterocycles. The predicted molar refractivity (Wildman–Crippen MR) is 224 cm³/mol. The van der Waals surface area contributed by atoms with Gasteiger partial charge in [-0.25, -0.2) is 19.3 Å². The van der Waals surface area contributed by atoms with Crippen molar-refractivity contribution >= 4 is 115 Å². The van der Waals surface area contributed by atoms with E-state index in [0.29, 0.717) is 33.2 Å². The number of thiazole rings is 2. The fraction of sp³-hybridized carbons (Fsp3) is 0.188. The van der Waals surface area contributed by atoms with Gasteiger partial charge in [-0.1, -0.05) is 35.7 Å². The SMILES string of the molecule is O=C(CCl)Nc1nc(Cc2nnc(SCCSc3nnc(Cc4csc(NC(=O)CCl)n4)n3NC(=O)c3cccc([N+](=O)[O-])c3)n2NC(=O)c2cccc([N+](=O)[O-])c2)cs1. The zero-order valence-corrected chi connectivity index (χ0v) is 34.9. The summed E-state index contributed by atoms with van der Waals surface area (Å²) in [6, 6.07) is 10.4. The van der Waals surface area contributed by atoms with E-state index in [1.165, 1.54) is 69.3 Å². The molecule has 0 spiro atoms. The summed E-state index contributed by atoms with van der Waals surface area (Å²) in [6.07, 6.45) is 0.140. The molecule has 22 nitrogen and oxygen atoms in total. The van der Waals surface area contributed by atoms with Crippen molar-refractivity contribution in [2.45, 2.75) is 23.2 Å². The molecule has 28 heteroatoms. The van der Waals surface area contributed by atoms with E-state index in [0.717, 1.165) is 34.8 Å². The maximum Gasteiger partial charge on any atom is 0.270 e. The highest BCUT2D eigenvalue weighted by Crippen LogP contribution is 2.26. The molecule has 4 aromatic heterocycles. The molecule has 0 radical (unpaired) electrons. The third kappa shape index (κ3) is 11.4. The lowest BCUT2D eigenvalue weighted by Crippen LogP contribution is -2.26. The summed E-state index contributed by atoms with van der Waals surface area (Å²) >= 11 is 15.9. The van der Waals surface area contributed by atoms with Gasteiger partial charge in [0.25, 0.3) is 23.2 Å². The van der Waals surface area contributed by atoms with Crippen LogP contribution in [0.4, 0.5) is 21.6 Å². The Morgan fingerprint density at radius 3 is 1.47 bits per heavy atom. The second kappa shape index (κ2) is 20.3. The standard InChI is InChI=1S/C32H26Cl2N14O8S4/c33-13-25(49)37-29-35-19(15-59-29)11-23-39-41-31(45(23)43-27(51)17-3-1-5-21(9-17)47(53)54)57-7-8-58-32-42-40-24(12-20-16-60-30(36-20)38-26(50)14-34)46(32)44-28(52)18-4-2-6-22(10-18)48(55)56/h1-6,9-10,15-16H,7-8,11-14H2,(H,43,51)(H,44,52)(H,35,37,49)(H,36,38,50). The molecule has 4 heterocycles. The number of nitro groups is 2. The lowest BCUT2D eigenvalue weighted by atomic mass is 10.2. The minimum absolute atomic E-state index is 0.00580. The van der Waals surface area contributed by atoms with Crippen LogP contribution in [-0.4, -0.2) is 96.5 Å². The third-order valence-electron chi connectivity index (χ3n) is 7.53. The molecule has 6 aromatic rings. The van der Waals surface area contributed by atoms with Gasteiger partial charge in [-0.2, -0.15) is 0 Å². The quantitative estimate of drug-likeness (QED) is 0.0279. The molecule has 310 valence electrons. The van der Waals surface area contributed by atoms with Crippen LogP contribution in [0, 0.1) is 20.2 Å². The lowest BCUT2D eigenvalue weighted by molar-refractivity contribution is -0.385. The van der Waals surface area contributed by atoms with Gasteiger partial charge in [0, 0.05) is 57.7 Å². The van der Waals surface area contributed by atoms with Crippen molar-refractivity contribution in [1.82, 2.24) is 39.7 Å². The number of aromatic nitrogens is 8. The Labute approximate surface area is 363 Å². The van der Waals surface area contributed by atoms with Gasteiger partial charge in [0.05, 0.1) is 34.1 Å². The number of carbonyl (C=O) groups is 4. The zero-order valence-electron chi connectivity index (χ0n) is 30.1. The topological polar surface area (TPSA) is 290 Å². The van der Waals surface area contributed by atoms with Crippen LogP contribution < -0.4 is 21.5 Å². The number of hydrogen-bond donors (Lipinski definition) is 4. The minimum atomic E-state index is -0.682. The molecule has 2 aromatic carbocycles. The number of rotatable bonds is 19. The van der Waals surface area contributed by atoms with Crippen LogP contribution in [0.3, 0.4) is 0 Å². The van der Waals surface area contributed by atoms with E-state index in [1.54, 1.807) is 10.8 Å². The monoisotopic (exact) mass is 932 g/mol. The fourth-order valence-electron chi connectivity index (χ4n) is 4.88. The molecule has 0 fully saturated rings. The molecule has 0 unspecified atom stereocenters. The average Bonchev–Trinajstić information content (AvgIpc) is 4.05. The Bertz CT molecular complexity index is 2410. The third-order valence-corrected chi connectivity index (χ3v) is 11.7. The first-order valence-corrected chi connectivity index (χ1v) is 21.6. The summed E-state index contributed by atoms with van der Waals surface area (Å²) in [4.78, 5) is 80.5. The van der Waals surface area contributed by atoms with Gasteiger partial charge in [-0.15, -0.1) is 66.3 Å². The molecule has 4 N–H and O–H groups in total. The summed E-state index contributed by atoms with van der Waals surface area (Å²) < 4.78 is 2.68. The molecule has 0 aliphatic carbocycles. The highest BCUT2D eigenvalue weighted by molar-refractivity contribution is 8.02. The fourth-order valence-corrected chi connectivity index (χ4v) is 8.26. The molecule has 6 rings (SSSR count). The van der Waals surface area contributed by atoms with E-state index in [-0.39, 0.29) is 69.1 Å². The number of nitrogens with one attached hydrogen (secondary N) is 4. The number of anilines is 2. The number of halogens is 2. The van der Waals surface area contributed by atoms with Gasteiger partial charge in [0.15, 0.2) is 21.9 Å². The number of carbonyl (C=O) groups excluding carboxylic acids is 4. The van der Waals surface area contributed by atoms with E-state index in [1.807, 2.05) is 0 Å². The second-order valence-electron chi connectivity index (χ2n) is 11.7. The first-order chi connectivity index (χ1) is 28.9. The van der Waals surface area contributed by atoms with Crippen molar-refractivity contribution in [2.75, 3.05) is 44.8 Å². The molecule has 4 amide bonds. The van der Waals surface area contributed by atoms with E-state index in [4.69, 9.17) is 23.2 Å². The van der Waals surface area contributed by atoms with E-state index in [9.17, 15) is 39.4 Å². The van der Waals surface area contributed by atoms with Gasteiger partial charge in [0.1, 0.15) is 11.8 Å². The summed E-state index contributed by atoms with van der Waals surface area (Å²) in [5.74, 6) is -1.59. The normalized spacial score (nSPS) is 10.9. The maximum atomic E-state index is 13.4. The number of hydrogen-bond acceptors (Lipinski definition) is 18. The van der Waals surface area contributed by atoms with Crippen LogP contribution in [0.1, 0.15) is 43.8 Å². The zero-order chi connectivity index (χ0) is 42.8. The maximum absolute atomic E-state index is 13.4. The number of amides is 4. The van der Waals surface area contributed by atoms with Crippen LogP contribution in [-0.2, 0) is 22.4 Å². The van der Waals surface area contributed by atoms with Gasteiger partial charge in [-0.3, -0.25) is 50.3 Å². The van der Waals surface area contributed by atoms with Gasteiger partial charge < -0.3 is 10.6 Å². The Balaban J connectivity index is 1.20.